The molecule has 1 amide bonds. The molecule has 2 aromatic heterocycles. The maximum absolute atomic E-state index is 13.0. The molecule has 2 aromatic carbocycles. The fraction of sp³-hybridized carbons (Fsp3) is 0.0952. The molecule has 0 saturated heterocycles. The minimum Gasteiger partial charge on any atom is -0.489 e. The van der Waals surface area contributed by atoms with E-state index in [1.807, 2.05) is 35.7 Å². The molecule has 0 spiro atoms. The van der Waals surface area contributed by atoms with Crippen molar-refractivity contribution in [3.63, 3.8) is 0 Å². The van der Waals surface area contributed by atoms with Gasteiger partial charge in [-0.15, -0.1) is 16.4 Å². The number of carbonyl (C=O) groups is 1. The van der Waals surface area contributed by atoms with Crippen LogP contribution >= 0.6 is 11.3 Å². The van der Waals surface area contributed by atoms with E-state index in [9.17, 15) is 9.18 Å². The highest BCUT2D eigenvalue weighted by molar-refractivity contribution is 7.12. The van der Waals surface area contributed by atoms with Crippen LogP contribution in [-0.4, -0.2) is 20.7 Å². The highest BCUT2D eigenvalue weighted by atomic mass is 32.1. The van der Waals surface area contributed by atoms with Gasteiger partial charge in [0.05, 0.1) is 11.4 Å². The van der Waals surface area contributed by atoms with Crippen LogP contribution in [-0.2, 0) is 13.2 Å². The number of amides is 1. The second-order valence-electron chi connectivity index (χ2n) is 6.27. The maximum Gasteiger partial charge on any atom is 0.268 e. The van der Waals surface area contributed by atoms with Gasteiger partial charge in [0, 0.05) is 5.56 Å². The van der Waals surface area contributed by atoms with E-state index in [1.165, 1.54) is 29.8 Å². The zero-order chi connectivity index (χ0) is 20.1. The molecule has 0 aliphatic carbocycles. The smallest absolute Gasteiger partial charge is 0.268 e. The number of hydrogen-bond donors (Lipinski definition) is 1. The zero-order valence-electron chi connectivity index (χ0n) is 15.3. The van der Waals surface area contributed by atoms with Crippen LogP contribution < -0.4 is 10.1 Å². The first kappa shape index (κ1) is 18.8. The fourth-order valence-corrected chi connectivity index (χ4v) is 3.41. The highest BCUT2D eigenvalue weighted by Gasteiger charge is 2.12. The minimum absolute atomic E-state index is 0.215. The van der Waals surface area contributed by atoms with Crippen molar-refractivity contribution in [1.82, 2.24) is 14.8 Å². The predicted octanol–water partition coefficient (Wildman–Crippen LogP) is 4.36. The lowest BCUT2D eigenvalue weighted by atomic mass is 10.2. The molecule has 0 unspecified atom stereocenters. The van der Waals surface area contributed by atoms with Gasteiger partial charge >= 0.3 is 0 Å². The van der Waals surface area contributed by atoms with Crippen molar-refractivity contribution in [3.8, 4) is 5.75 Å². The number of rotatable bonds is 7. The van der Waals surface area contributed by atoms with Gasteiger partial charge in [-0.25, -0.2) is 14.1 Å². The Morgan fingerprint density at radius 2 is 1.90 bits per heavy atom. The zero-order valence-corrected chi connectivity index (χ0v) is 16.1. The summed E-state index contributed by atoms with van der Waals surface area (Å²) in [6.45, 7) is 0.821. The van der Waals surface area contributed by atoms with Gasteiger partial charge in [-0.3, -0.25) is 10.1 Å². The molecule has 1 N–H and O–H groups in total. The molecular weight excluding hydrogens is 391 g/mol. The van der Waals surface area contributed by atoms with Gasteiger partial charge in [-0.2, -0.15) is 0 Å². The predicted molar refractivity (Wildman–Crippen MR) is 109 cm³/mol. The molecule has 29 heavy (non-hydrogen) atoms. The summed E-state index contributed by atoms with van der Waals surface area (Å²) in [4.78, 5) is 17.1. The third kappa shape index (κ3) is 5.05. The Morgan fingerprint density at radius 3 is 2.69 bits per heavy atom. The average Bonchev–Trinajstić information content (AvgIpc) is 3.39. The summed E-state index contributed by atoms with van der Waals surface area (Å²) in [7, 11) is 0. The molecule has 4 rings (SSSR count). The molecule has 0 radical (unpaired) electrons. The van der Waals surface area contributed by atoms with Gasteiger partial charge in [-0.05, 0) is 41.3 Å². The van der Waals surface area contributed by atoms with E-state index in [1.54, 1.807) is 22.9 Å². The van der Waals surface area contributed by atoms with Crippen LogP contribution in [0.1, 0.15) is 20.8 Å². The van der Waals surface area contributed by atoms with E-state index in [2.05, 4.69) is 15.4 Å². The number of para-hydroxylation sites is 1. The Kier molecular flexibility index (Phi) is 5.62. The number of thiophene rings is 1. The van der Waals surface area contributed by atoms with Crippen molar-refractivity contribution < 1.29 is 13.9 Å². The number of halogens is 1. The number of hydrogen-bond acceptors (Lipinski definition) is 5. The summed E-state index contributed by atoms with van der Waals surface area (Å²) in [6.07, 6.45) is 1.52. The molecule has 2 heterocycles. The molecule has 0 aliphatic rings. The van der Waals surface area contributed by atoms with Crippen molar-refractivity contribution in [2.24, 2.45) is 0 Å². The Morgan fingerprint density at radius 1 is 1.10 bits per heavy atom. The van der Waals surface area contributed by atoms with Crippen LogP contribution in [0.2, 0.25) is 0 Å². The van der Waals surface area contributed by atoms with E-state index >= 15 is 0 Å². The van der Waals surface area contributed by atoms with Crippen molar-refractivity contribution >= 4 is 23.2 Å². The number of nitrogens with one attached hydrogen (secondary N) is 1. The molecule has 0 fully saturated rings. The van der Waals surface area contributed by atoms with Crippen LogP contribution in [0.5, 0.6) is 5.75 Å². The van der Waals surface area contributed by atoms with Crippen LogP contribution in [0, 0.1) is 5.82 Å². The van der Waals surface area contributed by atoms with Gasteiger partial charge in [-0.1, -0.05) is 30.3 Å². The third-order valence-corrected chi connectivity index (χ3v) is 5.02. The van der Waals surface area contributed by atoms with Crippen molar-refractivity contribution in [3.05, 3.63) is 94.2 Å². The van der Waals surface area contributed by atoms with Gasteiger partial charge in [0.2, 0.25) is 5.95 Å². The third-order valence-electron chi connectivity index (χ3n) is 4.05. The van der Waals surface area contributed by atoms with Gasteiger partial charge < -0.3 is 4.74 Å². The summed E-state index contributed by atoms with van der Waals surface area (Å²) in [6, 6.07) is 17.4. The fourth-order valence-electron chi connectivity index (χ4n) is 2.62. The van der Waals surface area contributed by atoms with E-state index < -0.39 is 0 Å². The molecule has 0 bridgehead atoms. The number of carbonyl (C=O) groups excluding carboxylic acids is 1. The summed E-state index contributed by atoms with van der Waals surface area (Å²) in [5.41, 5.74) is 1.80. The molecule has 0 aliphatic heterocycles. The molecule has 146 valence electrons. The monoisotopic (exact) mass is 408 g/mol. The lowest BCUT2D eigenvalue weighted by Crippen LogP contribution is -2.12. The topological polar surface area (TPSA) is 69.0 Å². The lowest BCUT2D eigenvalue weighted by molar-refractivity contribution is 0.102. The second kappa shape index (κ2) is 8.66. The Labute approximate surface area is 170 Å². The van der Waals surface area contributed by atoms with Crippen LogP contribution in [0.4, 0.5) is 10.3 Å². The molecule has 8 heteroatoms. The first-order valence-corrected chi connectivity index (χ1v) is 9.74. The van der Waals surface area contributed by atoms with Crippen LogP contribution in [0.25, 0.3) is 0 Å². The molecular formula is C21H17FN4O2S. The SMILES string of the molecule is O=C(Nc1ncn(Cc2ccc(F)cc2)n1)c1cc(COc2ccccc2)cs1. The van der Waals surface area contributed by atoms with E-state index in [0.717, 1.165) is 16.9 Å². The van der Waals surface area contributed by atoms with E-state index in [-0.39, 0.29) is 17.7 Å². The standard InChI is InChI=1S/C21H17FN4O2S/c22-17-8-6-15(7-9-17)11-26-14-23-21(25-26)24-20(27)19-10-16(13-29-19)12-28-18-4-2-1-3-5-18/h1-10,13-14H,11-12H2,(H,24,25,27). The van der Waals surface area contributed by atoms with E-state index in [0.29, 0.717) is 18.0 Å². The summed E-state index contributed by atoms with van der Waals surface area (Å²) < 4.78 is 20.3. The van der Waals surface area contributed by atoms with Gasteiger partial charge in [0.25, 0.3) is 5.91 Å². The van der Waals surface area contributed by atoms with Crippen molar-refractivity contribution in [1.29, 1.82) is 0 Å². The first-order chi connectivity index (χ1) is 14.2. The number of anilines is 1. The van der Waals surface area contributed by atoms with Gasteiger partial charge in [0.1, 0.15) is 24.5 Å². The number of nitrogens with zero attached hydrogens (tertiary/aromatic N) is 3. The second-order valence-corrected chi connectivity index (χ2v) is 7.18. The quantitative estimate of drug-likeness (QED) is 0.493. The lowest BCUT2D eigenvalue weighted by Gasteiger charge is -2.03. The number of benzene rings is 2. The van der Waals surface area contributed by atoms with Gasteiger partial charge in [0.15, 0.2) is 0 Å². The minimum atomic E-state index is -0.287. The summed E-state index contributed by atoms with van der Waals surface area (Å²) in [5.74, 6) is 0.429. The number of aromatic nitrogens is 3. The molecule has 6 nitrogen and oxygen atoms in total. The first-order valence-electron chi connectivity index (χ1n) is 8.86. The van der Waals surface area contributed by atoms with Crippen molar-refractivity contribution in [2.75, 3.05) is 5.32 Å². The molecule has 0 atom stereocenters. The Hall–Kier alpha value is -3.52. The normalized spacial score (nSPS) is 10.7. The highest BCUT2D eigenvalue weighted by Crippen LogP contribution is 2.18. The van der Waals surface area contributed by atoms with Crippen molar-refractivity contribution in [2.45, 2.75) is 13.2 Å². The van der Waals surface area contributed by atoms with Crippen LogP contribution in [0.15, 0.2) is 72.4 Å². The van der Waals surface area contributed by atoms with Crippen LogP contribution in [0.3, 0.4) is 0 Å². The Balaban J connectivity index is 1.33. The summed E-state index contributed by atoms with van der Waals surface area (Å²) >= 11 is 1.33. The van der Waals surface area contributed by atoms with E-state index in [4.69, 9.17) is 4.74 Å². The molecule has 0 saturated carbocycles. The number of ether oxygens (including phenoxy) is 1. The average molecular weight is 408 g/mol. The maximum atomic E-state index is 13.0. The molecule has 4 aromatic rings. The largest absolute Gasteiger partial charge is 0.489 e. The Bertz CT molecular complexity index is 1090. The summed E-state index contributed by atoms with van der Waals surface area (Å²) in [5, 5.41) is 8.81.